The predicted octanol–water partition coefficient (Wildman–Crippen LogP) is 2.60. The van der Waals surface area contributed by atoms with Crippen molar-refractivity contribution in [2.45, 2.75) is 19.3 Å². The van der Waals surface area contributed by atoms with Crippen molar-refractivity contribution in [2.75, 3.05) is 11.5 Å². The third-order valence-electron chi connectivity index (χ3n) is 0.783. The number of thioether (sulfide) groups is 1. The van der Waals surface area contributed by atoms with Gasteiger partial charge in [-0.1, -0.05) is 13.3 Å². The molecule has 0 aromatic carbocycles. The summed E-state index contributed by atoms with van der Waals surface area (Å²) in [5, 5.41) is 0. The SMILES string of the molecule is [CH2]CCCSCC(F)F. The molecule has 0 unspecified atom stereocenters. The van der Waals surface area contributed by atoms with E-state index in [0.717, 1.165) is 18.6 Å². The van der Waals surface area contributed by atoms with Crippen molar-refractivity contribution in [3.8, 4) is 0 Å². The molecule has 0 bridgehead atoms. The molecule has 0 saturated heterocycles. The minimum atomic E-state index is -2.15. The topological polar surface area (TPSA) is 0 Å². The zero-order valence-electron chi connectivity index (χ0n) is 5.28. The summed E-state index contributed by atoms with van der Waals surface area (Å²) in [7, 11) is 0. The van der Waals surface area contributed by atoms with Crippen LogP contribution in [-0.4, -0.2) is 17.9 Å². The lowest BCUT2D eigenvalue weighted by Crippen LogP contribution is -1.94. The summed E-state index contributed by atoms with van der Waals surface area (Å²) in [6.07, 6.45) is -0.368. The maximum atomic E-state index is 11.4. The molecule has 0 heterocycles. The quantitative estimate of drug-likeness (QED) is 0.547. The monoisotopic (exact) mass is 153 g/mol. The zero-order chi connectivity index (χ0) is 7.11. The maximum absolute atomic E-state index is 11.4. The molecule has 1 radical (unpaired) electrons. The van der Waals surface area contributed by atoms with E-state index in [-0.39, 0.29) is 5.75 Å². The van der Waals surface area contributed by atoms with Crippen LogP contribution in [0.15, 0.2) is 0 Å². The standard InChI is InChI=1S/C6H11F2S/c1-2-3-4-9-5-6(7)8/h6H,1-5H2. The van der Waals surface area contributed by atoms with E-state index < -0.39 is 6.43 Å². The van der Waals surface area contributed by atoms with Crippen molar-refractivity contribution in [1.29, 1.82) is 0 Å². The summed E-state index contributed by atoms with van der Waals surface area (Å²) in [6.45, 7) is 3.60. The molecule has 0 saturated carbocycles. The van der Waals surface area contributed by atoms with Crippen LogP contribution in [-0.2, 0) is 0 Å². The lowest BCUT2D eigenvalue weighted by molar-refractivity contribution is 0.177. The molecule has 0 aliphatic rings. The first-order valence-electron chi connectivity index (χ1n) is 2.92. The Balaban J connectivity index is 2.75. The molecule has 0 atom stereocenters. The zero-order valence-corrected chi connectivity index (χ0v) is 6.09. The van der Waals surface area contributed by atoms with Gasteiger partial charge in [-0.3, -0.25) is 0 Å². The maximum Gasteiger partial charge on any atom is 0.247 e. The molecule has 9 heavy (non-hydrogen) atoms. The van der Waals surface area contributed by atoms with E-state index in [9.17, 15) is 8.78 Å². The van der Waals surface area contributed by atoms with Gasteiger partial charge in [-0.05, 0) is 12.2 Å². The average molecular weight is 153 g/mol. The fraction of sp³-hybridized carbons (Fsp3) is 0.833. The summed E-state index contributed by atoms with van der Waals surface area (Å²) < 4.78 is 22.9. The van der Waals surface area contributed by atoms with Crippen LogP contribution in [0.1, 0.15) is 12.8 Å². The highest BCUT2D eigenvalue weighted by molar-refractivity contribution is 7.99. The fourth-order valence-electron chi connectivity index (χ4n) is 0.377. The normalized spacial score (nSPS) is 10.7. The first-order valence-corrected chi connectivity index (χ1v) is 4.08. The van der Waals surface area contributed by atoms with Crippen molar-refractivity contribution in [3.05, 3.63) is 6.92 Å². The van der Waals surface area contributed by atoms with Gasteiger partial charge in [0.15, 0.2) is 0 Å². The highest BCUT2D eigenvalue weighted by Crippen LogP contribution is 2.08. The molecule has 0 aliphatic carbocycles. The average Bonchev–Trinajstić information content (AvgIpc) is 1.80. The molecule has 0 aliphatic heterocycles. The van der Waals surface area contributed by atoms with Crippen LogP contribution in [0.3, 0.4) is 0 Å². The Morgan fingerprint density at radius 3 is 2.56 bits per heavy atom. The first-order chi connectivity index (χ1) is 4.27. The summed E-state index contributed by atoms with van der Waals surface area (Å²) in [5.41, 5.74) is 0. The molecule has 0 aromatic heterocycles. The number of halogens is 2. The summed E-state index contributed by atoms with van der Waals surface area (Å²) >= 11 is 1.30. The van der Waals surface area contributed by atoms with Gasteiger partial charge in [-0.15, -0.1) is 0 Å². The van der Waals surface area contributed by atoms with Gasteiger partial charge in [0.05, 0.1) is 5.75 Å². The Morgan fingerprint density at radius 1 is 1.44 bits per heavy atom. The Labute approximate surface area is 59.0 Å². The van der Waals surface area contributed by atoms with Crippen molar-refractivity contribution in [1.82, 2.24) is 0 Å². The molecule has 0 N–H and O–H groups in total. The van der Waals surface area contributed by atoms with E-state index >= 15 is 0 Å². The van der Waals surface area contributed by atoms with Crippen molar-refractivity contribution >= 4 is 11.8 Å². The van der Waals surface area contributed by atoms with E-state index in [4.69, 9.17) is 0 Å². The molecule has 0 nitrogen and oxygen atoms in total. The van der Waals surface area contributed by atoms with Crippen LogP contribution in [0.4, 0.5) is 8.78 Å². The van der Waals surface area contributed by atoms with Crippen LogP contribution >= 0.6 is 11.8 Å². The molecular weight excluding hydrogens is 142 g/mol. The molecule has 3 heteroatoms. The van der Waals surface area contributed by atoms with Gasteiger partial charge in [-0.25, -0.2) is 8.78 Å². The number of hydrogen-bond donors (Lipinski definition) is 0. The van der Waals surface area contributed by atoms with Crippen LogP contribution < -0.4 is 0 Å². The summed E-state index contributed by atoms with van der Waals surface area (Å²) in [4.78, 5) is 0. The second kappa shape index (κ2) is 6.33. The minimum Gasteiger partial charge on any atom is -0.210 e. The number of alkyl halides is 2. The van der Waals surface area contributed by atoms with Crippen LogP contribution in [0.25, 0.3) is 0 Å². The Bertz CT molecular complexity index is 57.0. The Hall–Kier alpha value is 0.210. The number of rotatable bonds is 5. The lowest BCUT2D eigenvalue weighted by Gasteiger charge is -1.96. The Morgan fingerprint density at radius 2 is 2.11 bits per heavy atom. The smallest absolute Gasteiger partial charge is 0.210 e. The molecule has 0 amide bonds. The Kier molecular flexibility index (Phi) is 6.48. The van der Waals surface area contributed by atoms with Gasteiger partial charge in [-0.2, -0.15) is 11.8 Å². The highest BCUT2D eigenvalue weighted by atomic mass is 32.2. The minimum absolute atomic E-state index is 0.0278. The third-order valence-corrected chi connectivity index (χ3v) is 1.85. The van der Waals surface area contributed by atoms with Crippen LogP contribution in [0.2, 0.25) is 0 Å². The second-order valence-corrected chi connectivity index (χ2v) is 2.82. The van der Waals surface area contributed by atoms with Crippen LogP contribution in [0, 0.1) is 6.92 Å². The van der Waals surface area contributed by atoms with Gasteiger partial charge in [0.25, 0.3) is 0 Å². The van der Waals surface area contributed by atoms with Crippen molar-refractivity contribution < 1.29 is 8.78 Å². The fourth-order valence-corrected chi connectivity index (χ4v) is 1.13. The molecule has 0 fully saturated rings. The lowest BCUT2D eigenvalue weighted by atomic mass is 10.4. The molecular formula is C6H11F2S. The van der Waals surface area contributed by atoms with E-state index in [1.165, 1.54) is 11.8 Å². The summed E-state index contributed by atoms with van der Waals surface area (Å²) in [6, 6.07) is 0. The van der Waals surface area contributed by atoms with Gasteiger partial charge < -0.3 is 0 Å². The number of hydrogen-bond acceptors (Lipinski definition) is 1. The van der Waals surface area contributed by atoms with Crippen LogP contribution in [0.5, 0.6) is 0 Å². The molecule has 0 spiro atoms. The van der Waals surface area contributed by atoms with Gasteiger partial charge in [0.1, 0.15) is 0 Å². The number of unbranched alkanes of at least 4 members (excludes halogenated alkanes) is 1. The highest BCUT2D eigenvalue weighted by Gasteiger charge is 1.99. The molecule has 0 aromatic rings. The predicted molar refractivity (Wildman–Crippen MR) is 37.9 cm³/mol. The first kappa shape index (κ1) is 9.21. The van der Waals surface area contributed by atoms with E-state index in [0.29, 0.717) is 0 Å². The third kappa shape index (κ3) is 8.21. The second-order valence-electron chi connectivity index (χ2n) is 1.67. The van der Waals surface area contributed by atoms with E-state index in [1.54, 1.807) is 0 Å². The van der Waals surface area contributed by atoms with Crippen molar-refractivity contribution in [2.24, 2.45) is 0 Å². The largest absolute Gasteiger partial charge is 0.247 e. The van der Waals surface area contributed by atoms with E-state index in [1.807, 2.05) is 0 Å². The molecule has 0 rings (SSSR count). The van der Waals surface area contributed by atoms with Gasteiger partial charge in [0.2, 0.25) is 6.43 Å². The van der Waals surface area contributed by atoms with E-state index in [2.05, 4.69) is 6.92 Å². The van der Waals surface area contributed by atoms with Gasteiger partial charge >= 0.3 is 0 Å². The van der Waals surface area contributed by atoms with Crippen molar-refractivity contribution in [3.63, 3.8) is 0 Å². The summed E-state index contributed by atoms with van der Waals surface area (Å²) in [5.74, 6) is 0.786. The van der Waals surface area contributed by atoms with Gasteiger partial charge in [0, 0.05) is 0 Å². The molecule has 55 valence electrons.